The van der Waals surface area contributed by atoms with E-state index in [9.17, 15) is 4.79 Å². The predicted molar refractivity (Wildman–Crippen MR) is 82.0 cm³/mol. The van der Waals surface area contributed by atoms with E-state index in [-0.39, 0.29) is 5.91 Å². The molecule has 1 atom stereocenters. The van der Waals surface area contributed by atoms with Gasteiger partial charge in [0.25, 0.3) is 5.91 Å². The van der Waals surface area contributed by atoms with Crippen LogP contribution in [0.25, 0.3) is 0 Å². The fourth-order valence-electron chi connectivity index (χ4n) is 1.43. The average molecular weight is 331 g/mol. The third kappa shape index (κ3) is 3.85. The minimum atomic E-state index is -0.713. The first kappa shape index (κ1) is 15.1. The van der Waals surface area contributed by atoms with Gasteiger partial charge in [0.1, 0.15) is 5.75 Å². The van der Waals surface area contributed by atoms with Gasteiger partial charge < -0.3 is 4.74 Å². The van der Waals surface area contributed by atoms with Crippen LogP contribution in [0.1, 0.15) is 11.8 Å². The number of nitrogens with zero attached hydrogens (tertiary/aromatic N) is 1. The van der Waals surface area contributed by atoms with Gasteiger partial charge in [0, 0.05) is 22.2 Å². The van der Waals surface area contributed by atoms with E-state index in [1.54, 1.807) is 31.3 Å². The Labute approximate surface area is 130 Å². The lowest BCUT2D eigenvalue weighted by Gasteiger charge is -2.14. The summed E-state index contributed by atoms with van der Waals surface area (Å²) < 4.78 is 5.52. The largest absolute Gasteiger partial charge is 0.479 e. The molecule has 4 nitrogen and oxygen atoms in total. The SMILES string of the molecule is Cc1cnc(NC(=O)C(C)Oc2cc(Cl)ccc2Cl)s1. The van der Waals surface area contributed by atoms with Crippen molar-refractivity contribution in [2.24, 2.45) is 0 Å². The van der Waals surface area contributed by atoms with Crippen LogP contribution in [0.3, 0.4) is 0 Å². The Kier molecular flexibility index (Phi) is 4.86. The van der Waals surface area contributed by atoms with Crippen molar-refractivity contribution >= 4 is 45.6 Å². The fraction of sp³-hybridized carbons (Fsp3) is 0.231. The molecule has 0 bridgehead atoms. The number of benzene rings is 1. The van der Waals surface area contributed by atoms with Gasteiger partial charge in [-0.05, 0) is 26.0 Å². The number of aromatic nitrogens is 1. The first-order chi connectivity index (χ1) is 9.45. The summed E-state index contributed by atoms with van der Waals surface area (Å²) >= 11 is 13.2. The van der Waals surface area contributed by atoms with Gasteiger partial charge in [0.05, 0.1) is 5.02 Å². The number of rotatable bonds is 4. The molecule has 0 fully saturated rings. The van der Waals surface area contributed by atoms with Gasteiger partial charge in [-0.25, -0.2) is 4.98 Å². The standard InChI is InChI=1S/C13H12Cl2N2O2S/c1-7-6-16-13(20-7)17-12(18)8(2)19-11-5-9(14)3-4-10(11)15/h3-6,8H,1-2H3,(H,16,17,18). The number of carbonyl (C=O) groups excluding carboxylic acids is 1. The number of ether oxygens (including phenoxy) is 1. The molecule has 0 radical (unpaired) electrons. The smallest absolute Gasteiger partial charge is 0.266 e. The molecule has 0 aliphatic carbocycles. The van der Waals surface area contributed by atoms with E-state index in [2.05, 4.69) is 10.3 Å². The monoisotopic (exact) mass is 330 g/mol. The van der Waals surface area contributed by atoms with Crippen LogP contribution in [-0.2, 0) is 4.79 Å². The molecule has 106 valence electrons. The Balaban J connectivity index is 2.02. The third-order valence-corrected chi connectivity index (χ3v) is 3.79. The van der Waals surface area contributed by atoms with E-state index in [4.69, 9.17) is 27.9 Å². The summed E-state index contributed by atoms with van der Waals surface area (Å²) in [5, 5.41) is 4.12. The topological polar surface area (TPSA) is 51.2 Å². The van der Waals surface area contributed by atoms with E-state index < -0.39 is 6.10 Å². The van der Waals surface area contributed by atoms with Crippen LogP contribution in [0.5, 0.6) is 5.75 Å². The summed E-state index contributed by atoms with van der Waals surface area (Å²) in [7, 11) is 0. The molecule has 2 rings (SSSR count). The van der Waals surface area contributed by atoms with Crippen molar-refractivity contribution in [1.29, 1.82) is 0 Å². The molecule has 0 aliphatic heterocycles. The number of anilines is 1. The maximum absolute atomic E-state index is 12.0. The molecule has 2 aromatic rings. The summed E-state index contributed by atoms with van der Waals surface area (Å²) in [6, 6.07) is 4.84. The highest BCUT2D eigenvalue weighted by Gasteiger charge is 2.17. The second kappa shape index (κ2) is 6.43. The third-order valence-electron chi connectivity index (χ3n) is 2.42. The number of thiazole rings is 1. The molecule has 20 heavy (non-hydrogen) atoms. The highest BCUT2D eigenvalue weighted by molar-refractivity contribution is 7.15. The Morgan fingerprint density at radius 3 is 2.85 bits per heavy atom. The minimum absolute atomic E-state index is 0.296. The molecule has 7 heteroatoms. The predicted octanol–water partition coefficient (Wildman–Crippen LogP) is 4.16. The number of nitrogens with one attached hydrogen (secondary N) is 1. The zero-order valence-electron chi connectivity index (χ0n) is 10.8. The molecule has 1 N–H and O–H groups in total. The summed E-state index contributed by atoms with van der Waals surface area (Å²) in [6.45, 7) is 3.55. The molecule has 0 saturated carbocycles. The number of aryl methyl sites for hydroxylation is 1. The average Bonchev–Trinajstić information content (AvgIpc) is 2.79. The van der Waals surface area contributed by atoms with Crippen LogP contribution in [-0.4, -0.2) is 17.0 Å². The maximum atomic E-state index is 12.0. The minimum Gasteiger partial charge on any atom is -0.479 e. The van der Waals surface area contributed by atoms with Crippen LogP contribution in [0.2, 0.25) is 10.0 Å². The Hall–Kier alpha value is -1.30. The summed E-state index contributed by atoms with van der Waals surface area (Å²) in [4.78, 5) is 17.1. The Morgan fingerprint density at radius 2 is 2.20 bits per heavy atom. The van der Waals surface area contributed by atoms with Crippen LogP contribution < -0.4 is 10.1 Å². The van der Waals surface area contributed by atoms with Crippen molar-refractivity contribution in [1.82, 2.24) is 4.98 Å². The van der Waals surface area contributed by atoms with Crippen molar-refractivity contribution in [2.45, 2.75) is 20.0 Å². The molecule has 0 saturated heterocycles. The van der Waals surface area contributed by atoms with Gasteiger partial charge in [0.2, 0.25) is 0 Å². The first-order valence-electron chi connectivity index (χ1n) is 5.80. The molecule has 1 aromatic heterocycles. The molecule has 1 unspecified atom stereocenters. The van der Waals surface area contributed by atoms with E-state index in [1.165, 1.54) is 11.3 Å². The number of amides is 1. The summed E-state index contributed by atoms with van der Waals surface area (Å²) in [5.74, 6) is 0.0764. The lowest BCUT2D eigenvalue weighted by atomic mass is 10.3. The van der Waals surface area contributed by atoms with Gasteiger partial charge >= 0.3 is 0 Å². The quantitative estimate of drug-likeness (QED) is 0.915. The normalized spacial score (nSPS) is 12.0. The van der Waals surface area contributed by atoms with E-state index in [0.29, 0.717) is 20.9 Å². The molecule has 0 spiro atoms. The van der Waals surface area contributed by atoms with Crippen LogP contribution in [0.4, 0.5) is 5.13 Å². The number of hydrogen-bond acceptors (Lipinski definition) is 4. The van der Waals surface area contributed by atoms with Gasteiger partial charge in [-0.1, -0.05) is 23.2 Å². The Morgan fingerprint density at radius 1 is 1.45 bits per heavy atom. The van der Waals surface area contributed by atoms with Crippen LogP contribution in [0, 0.1) is 6.92 Å². The van der Waals surface area contributed by atoms with Crippen molar-refractivity contribution < 1.29 is 9.53 Å². The van der Waals surface area contributed by atoms with Crippen LogP contribution >= 0.6 is 34.5 Å². The second-order valence-corrected chi connectivity index (χ2v) is 6.18. The molecular weight excluding hydrogens is 319 g/mol. The zero-order chi connectivity index (χ0) is 14.7. The van der Waals surface area contributed by atoms with Crippen molar-refractivity contribution in [3.8, 4) is 5.75 Å². The summed E-state index contributed by atoms with van der Waals surface area (Å²) in [6.07, 6.45) is 0.981. The summed E-state index contributed by atoms with van der Waals surface area (Å²) in [5.41, 5.74) is 0. The van der Waals surface area contributed by atoms with Gasteiger partial charge in [-0.15, -0.1) is 11.3 Å². The lowest BCUT2D eigenvalue weighted by Crippen LogP contribution is -2.30. The second-order valence-electron chi connectivity index (χ2n) is 4.10. The lowest BCUT2D eigenvalue weighted by molar-refractivity contribution is -0.122. The molecular formula is C13H12Cl2N2O2S. The zero-order valence-corrected chi connectivity index (χ0v) is 13.1. The number of halogens is 2. The number of carbonyl (C=O) groups is 1. The van der Waals surface area contributed by atoms with Crippen molar-refractivity contribution in [3.05, 3.63) is 39.3 Å². The first-order valence-corrected chi connectivity index (χ1v) is 7.38. The fourth-order valence-corrected chi connectivity index (χ4v) is 2.42. The molecule has 1 aromatic carbocycles. The van der Waals surface area contributed by atoms with E-state index in [0.717, 1.165) is 4.88 Å². The molecule has 1 heterocycles. The highest BCUT2D eigenvalue weighted by atomic mass is 35.5. The van der Waals surface area contributed by atoms with Crippen LogP contribution in [0.15, 0.2) is 24.4 Å². The van der Waals surface area contributed by atoms with E-state index in [1.807, 2.05) is 6.92 Å². The number of hydrogen-bond donors (Lipinski definition) is 1. The van der Waals surface area contributed by atoms with Gasteiger partial charge in [0.15, 0.2) is 11.2 Å². The maximum Gasteiger partial charge on any atom is 0.266 e. The van der Waals surface area contributed by atoms with Gasteiger partial charge in [-0.2, -0.15) is 0 Å². The van der Waals surface area contributed by atoms with Crippen molar-refractivity contribution in [2.75, 3.05) is 5.32 Å². The molecule has 1 amide bonds. The van der Waals surface area contributed by atoms with Gasteiger partial charge in [-0.3, -0.25) is 10.1 Å². The highest BCUT2D eigenvalue weighted by Crippen LogP contribution is 2.28. The van der Waals surface area contributed by atoms with E-state index >= 15 is 0 Å². The van der Waals surface area contributed by atoms with Crippen molar-refractivity contribution in [3.63, 3.8) is 0 Å². The molecule has 0 aliphatic rings. The Bertz CT molecular complexity index is 631.